The maximum absolute atomic E-state index is 2.47. The van der Waals surface area contributed by atoms with Gasteiger partial charge in [0, 0.05) is 6.04 Å². The highest BCUT2D eigenvalue weighted by molar-refractivity contribution is 5.83. The molecule has 0 N–H and O–H groups in total. The maximum Gasteiger partial charge on any atom is 0.0317 e. The van der Waals surface area contributed by atoms with Gasteiger partial charge >= 0.3 is 0 Å². The molecule has 0 heterocycles. The molecule has 0 aliphatic rings. The first-order chi connectivity index (χ1) is 9.72. The normalized spacial score (nSPS) is 13.0. The molecule has 0 amide bonds. The van der Waals surface area contributed by atoms with Crippen LogP contribution >= 0.6 is 0 Å². The average Bonchev–Trinajstić information content (AvgIpc) is 2.50. The Labute approximate surface area is 123 Å². The molecule has 1 heteroatoms. The number of fused-ring (bicyclic) bond motifs is 1. The predicted octanol–water partition coefficient (Wildman–Crippen LogP) is 5.41. The van der Waals surface area contributed by atoms with Gasteiger partial charge in [-0.3, -0.25) is 4.90 Å². The lowest BCUT2D eigenvalue weighted by molar-refractivity contribution is 0.255. The summed E-state index contributed by atoms with van der Waals surface area (Å²) in [6.45, 7) is 5.76. The van der Waals surface area contributed by atoms with Crippen LogP contribution < -0.4 is 0 Å². The number of hydrogen-bond acceptors (Lipinski definition) is 1. The molecule has 0 fully saturated rings. The Bertz CT molecular complexity index is 532. The Morgan fingerprint density at radius 2 is 1.70 bits per heavy atom. The van der Waals surface area contributed by atoms with E-state index in [2.05, 4.69) is 68.3 Å². The summed E-state index contributed by atoms with van der Waals surface area (Å²) in [5.41, 5.74) is 1.42. The zero-order valence-corrected chi connectivity index (χ0v) is 13.1. The van der Waals surface area contributed by atoms with Crippen molar-refractivity contribution in [3.63, 3.8) is 0 Å². The monoisotopic (exact) mass is 269 g/mol. The summed E-state index contributed by atoms with van der Waals surface area (Å²) >= 11 is 0. The first kappa shape index (κ1) is 15.1. The van der Waals surface area contributed by atoms with Gasteiger partial charge in [-0.25, -0.2) is 0 Å². The Kier molecular flexibility index (Phi) is 5.60. The average molecular weight is 269 g/mol. The van der Waals surface area contributed by atoms with E-state index in [0.717, 1.165) is 0 Å². The molecule has 2 aromatic carbocycles. The van der Waals surface area contributed by atoms with Gasteiger partial charge in [0.15, 0.2) is 0 Å². The molecule has 0 aliphatic heterocycles. The zero-order valence-electron chi connectivity index (χ0n) is 13.1. The molecular formula is C19H27N. The highest BCUT2D eigenvalue weighted by Gasteiger charge is 2.11. The highest BCUT2D eigenvalue weighted by Crippen LogP contribution is 2.23. The molecular weight excluding hydrogens is 242 g/mol. The largest absolute Gasteiger partial charge is 0.300 e. The van der Waals surface area contributed by atoms with Gasteiger partial charge < -0.3 is 0 Å². The van der Waals surface area contributed by atoms with Crippen molar-refractivity contribution in [2.45, 2.75) is 45.6 Å². The molecule has 2 aromatic rings. The van der Waals surface area contributed by atoms with Gasteiger partial charge in [-0.05, 0) is 49.3 Å². The summed E-state index contributed by atoms with van der Waals surface area (Å²) in [7, 11) is 2.24. The van der Waals surface area contributed by atoms with E-state index in [9.17, 15) is 0 Å². The van der Waals surface area contributed by atoms with E-state index in [-0.39, 0.29) is 0 Å². The van der Waals surface area contributed by atoms with E-state index < -0.39 is 0 Å². The van der Waals surface area contributed by atoms with Crippen molar-refractivity contribution < 1.29 is 0 Å². The Balaban J connectivity index is 2.00. The molecule has 2 rings (SSSR count). The van der Waals surface area contributed by atoms with Crippen LogP contribution in [0.25, 0.3) is 10.8 Å². The van der Waals surface area contributed by atoms with E-state index in [1.807, 2.05) is 0 Å². The molecule has 108 valence electrons. The minimum Gasteiger partial charge on any atom is -0.300 e. The molecule has 0 radical (unpaired) electrons. The first-order valence-corrected chi connectivity index (χ1v) is 7.91. The van der Waals surface area contributed by atoms with Crippen LogP contribution in [0.15, 0.2) is 42.5 Å². The Morgan fingerprint density at radius 3 is 2.45 bits per heavy atom. The second-order valence-electron chi connectivity index (χ2n) is 5.82. The minimum atomic E-state index is 0.487. The molecule has 20 heavy (non-hydrogen) atoms. The highest BCUT2D eigenvalue weighted by atomic mass is 15.1. The lowest BCUT2D eigenvalue weighted by atomic mass is 10.0. The van der Waals surface area contributed by atoms with Crippen molar-refractivity contribution >= 4 is 10.8 Å². The Hall–Kier alpha value is -1.34. The SMILES string of the molecule is CCCCCCN(C)C(C)c1ccc2ccccc2c1. The van der Waals surface area contributed by atoms with Crippen LogP contribution in [-0.2, 0) is 0 Å². The van der Waals surface area contributed by atoms with Crippen LogP contribution in [0.5, 0.6) is 0 Å². The standard InChI is InChI=1S/C19H27N/c1-4-5-6-9-14-20(3)16(2)18-13-12-17-10-7-8-11-19(17)15-18/h7-8,10-13,15-16H,4-6,9,14H2,1-3H3. The van der Waals surface area contributed by atoms with Crippen molar-refractivity contribution in [1.29, 1.82) is 0 Å². The molecule has 0 spiro atoms. The van der Waals surface area contributed by atoms with Gasteiger partial charge in [-0.2, -0.15) is 0 Å². The van der Waals surface area contributed by atoms with E-state index in [4.69, 9.17) is 0 Å². The van der Waals surface area contributed by atoms with Crippen LogP contribution in [0, 0.1) is 0 Å². The molecule has 1 unspecified atom stereocenters. The summed E-state index contributed by atoms with van der Waals surface area (Å²) in [6, 6.07) is 15.9. The lowest BCUT2D eigenvalue weighted by Crippen LogP contribution is -2.23. The summed E-state index contributed by atoms with van der Waals surface area (Å²) in [5, 5.41) is 2.67. The van der Waals surface area contributed by atoms with Crippen molar-refractivity contribution in [3.8, 4) is 0 Å². The molecule has 0 aliphatic carbocycles. The molecule has 0 aromatic heterocycles. The quantitative estimate of drug-likeness (QED) is 0.607. The third-order valence-corrected chi connectivity index (χ3v) is 4.28. The van der Waals surface area contributed by atoms with Crippen molar-refractivity contribution in [1.82, 2.24) is 4.90 Å². The summed E-state index contributed by atoms with van der Waals surface area (Å²) in [4.78, 5) is 2.47. The second-order valence-corrected chi connectivity index (χ2v) is 5.82. The van der Waals surface area contributed by atoms with E-state index in [1.165, 1.54) is 48.6 Å². The molecule has 0 bridgehead atoms. The molecule has 0 saturated carbocycles. The van der Waals surface area contributed by atoms with Crippen LogP contribution in [0.4, 0.5) is 0 Å². The second kappa shape index (κ2) is 7.44. The van der Waals surface area contributed by atoms with Crippen LogP contribution in [-0.4, -0.2) is 18.5 Å². The van der Waals surface area contributed by atoms with Gasteiger partial charge in [-0.1, -0.05) is 62.6 Å². The van der Waals surface area contributed by atoms with E-state index >= 15 is 0 Å². The van der Waals surface area contributed by atoms with Crippen LogP contribution in [0.3, 0.4) is 0 Å². The fourth-order valence-corrected chi connectivity index (χ4v) is 2.70. The molecule has 0 saturated heterocycles. The molecule has 1 nitrogen and oxygen atoms in total. The maximum atomic E-state index is 2.47. The molecule has 1 atom stereocenters. The van der Waals surface area contributed by atoms with Crippen LogP contribution in [0.1, 0.15) is 51.1 Å². The smallest absolute Gasteiger partial charge is 0.0317 e. The number of hydrogen-bond donors (Lipinski definition) is 0. The fraction of sp³-hybridized carbons (Fsp3) is 0.474. The summed E-state index contributed by atoms with van der Waals surface area (Å²) < 4.78 is 0. The summed E-state index contributed by atoms with van der Waals surface area (Å²) in [6.07, 6.45) is 5.33. The van der Waals surface area contributed by atoms with Crippen molar-refractivity contribution in [2.24, 2.45) is 0 Å². The van der Waals surface area contributed by atoms with Gasteiger partial charge in [0.2, 0.25) is 0 Å². The van der Waals surface area contributed by atoms with E-state index in [0.29, 0.717) is 6.04 Å². The number of nitrogens with zero attached hydrogens (tertiary/aromatic N) is 1. The lowest BCUT2D eigenvalue weighted by Gasteiger charge is -2.25. The van der Waals surface area contributed by atoms with Crippen molar-refractivity contribution in [2.75, 3.05) is 13.6 Å². The number of unbranched alkanes of at least 4 members (excludes halogenated alkanes) is 3. The Morgan fingerprint density at radius 1 is 0.950 bits per heavy atom. The van der Waals surface area contributed by atoms with Crippen molar-refractivity contribution in [3.05, 3.63) is 48.0 Å². The number of benzene rings is 2. The third-order valence-electron chi connectivity index (χ3n) is 4.28. The summed E-state index contributed by atoms with van der Waals surface area (Å²) in [5.74, 6) is 0. The van der Waals surface area contributed by atoms with Gasteiger partial charge in [0.25, 0.3) is 0 Å². The van der Waals surface area contributed by atoms with Gasteiger partial charge in [0.1, 0.15) is 0 Å². The zero-order chi connectivity index (χ0) is 14.4. The van der Waals surface area contributed by atoms with Crippen LogP contribution in [0.2, 0.25) is 0 Å². The number of rotatable bonds is 7. The minimum absolute atomic E-state index is 0.487. The third kappa shape index (κ3) is 3.83. The topological polar surface area (TPSA) is 3.24 Å². The van der Waals surface area contributed by atoms with E-state index in [1.54, 1.807) is 0 Å². The predicted molar refractivity (Wildman–Crippen MR) is 89.1 cm³/mol. The van der Waals surface area contributed by atoms with Gasteiger partial charge in [-0.15, -0.1) is 0 Å². The fourth-order valence-electron chi connectivity index (χ4n) is 2.70. The first-order valence-electron chi connectivity index (χ1n) is 7.91. The van der Waals surface area contributed by atoms with Gasteiger partial charge in [0.05, 0.1) is 0 Å².